The fraction of sp³-hybridized carbons (Fsp3) is 0.450. The van der Waals surface area contributed by atoms with Crippen LogP contribution in [0.4, 0.5) is 13.2 Å². The number of nitrogens with one attached hydrogen (secondary N) is 1. The van der Waals surface area contributed by atoms with Gasteiger partial charge in [-0.2, -0.15) is 13.2 Å². The number of hydrogen-bond acceptors (Lipinski definition) is 5. The van der Waals surface area contributed by atoms with Crippen LogP contribution in [0.25, 0.3) is 0 Å². The lowest BCUT2D eigenvalue weighted by Gasteiger charge is -2.32. The number of benzene rings is 1. The minimum Gasteiger partial charge on any atom is -0.378 e. The van der Waals surface area contributed by atoms with E-state index in [0.29, 0.717) is 43.3 Å². The summed E-state index contributed by atoms with van der Waals surface area (Å²) in [5.74, 6) is -0.0625. The topological polar surface area (TPSA) is 48.0 Å². The van der Waals surface area contributed by atoms with E-state index in [9.17, 15) is 18.0 Å². The SMILES string of the molecule is CN1C=CC2=C(NC(C(F)(F)F)N2C)C1c1ccc(C(=O)N2CCOCC2)cc1. The summed E-state index contributed by atoms with van der Waals surface area (Å²) in [6, 6.07) is 6.69. The number of carbonyl (C=O) groups excluding carboxylic acids is 1. The first kappa shape index (κ1) is 19.6. The number of carbonyl (C=O) groups is 1. The van der Waals surface area contributed by atoms with Gasteiger partial charge in [0.05, 0.1) is 30.6 Å². The van der Waals surface area contributed by atoms with Gasteiger partial charge in [-0.15, -0.1) is 0 Å². The van der Waals surface area contributed by atoms with Crippen LogP contribution in [0, 0.1) is 0 Å². The number of rotatable bonds is 2. The molecule has 3 aliphatic rings. The Kier molecular flexibility index (Phi) is 4.94. The van der Waals surface area contributed by atoms with Crippen molar-refractivity contribution in [3.63, 3.8) is 0 Å². The predicted octanol–water partition coefficient (Wildman–Crippen LogP) is 2.29. The van der Waals surface area contributed by atoms with Crippen LogP contribution < -0.4 is 5.32 Å². The second-order valence-electron chi connectivity index (χ2n) is 7.41. The molecule has 0 radical (unpaired) electrons. The van der Waals surface area contributed by atoms with Gasteiger partial charge < -0.3 is 24.8 Å². The van der Waals surface area contributed by atoms with E-state index in [1.807, 2.05) is 11.9 Å². The third kappa shape index (κ3) is 3.55. The molecule has 0 spiro atoms. The van der Waals surface area contributed by atoms with Crippen LogP contribution in [-0.4, -0.2) is 73.3 Å². The van der Waals surface area contributed by atoms with Gasteiger partial charge in [0.15, 0.2) is 6.17 Å². The number of likely N-dealkylation sites (N-methyl/N-ethyl adjacent to an activating group) is 2. The van der Waals surface area contributed by atoms with E-state index in [2.05, 4.69) is 5.32 Å². The molecular formula is C20H23F3N4O2. The Hall–Kier alpha value is -2.68. The molecule has 0 bridgehead atoms. The Bertz CT molecular complexity index is 844. The van der Waals surface area contributed by atoms with Gasteiger partial charge in [0.2, 0.25) is 0 Å². The maximum absolute atomic E-state index is 13.4. The first-order chi connectivity index (χ1) is 13.8. The second-order valence-corrected chi connectivity index (χ2v) is 7.41. The third-order valence-corrected chi connectivity index (χ3v) is 5.57. The van der Waals surface area contributed by atoms with Crippen molar-refractivity contribution in [3.8, 4) is 0 Å². The van der Waals surface area contributed by atoms with Gasteiger partial charge in [0.25, 0.3) is 5.91 Å². The van der Waals surface area contributed by atoms with E-state index in [1.54, 1.807) is 41.4 Å². The molecule has 3 heterocycles. The minimum absolute atomic E-state index is 0.0625. The van der Waals surface area contributed by atoms with Gasteiger partial charge in [-0.25, -0.2) is 0 Å². The summed E-state index contributed by atoms with van der Waals surface area (Å²) in [6.07, 6.45) is -2.70. The van der Waals surface area contributed by atoms with Crippen molar-refractivity contribution in [1.82, 2.24) is 20.0 Å². The fourth-order valence-electron chi connectivity index (χ4n) is 4.01. The van der Waals surface area contributed by atoms with Gasteiger partial charge in [-0.1, -0.05) is 12.1 Å². The Morgan fingerprint density at radius 3 is 2.41 bits per heavy atom. The van der Waals surface area contributed by atoms with Crippen molar-refractivity contribution in [3.05, 3.63) is 59.1 Å². The van der Waals surface area contributed by atoms with Gasteiger partial charge in [-0.05, 0) is 23.8 Å². The zero-order valence-corrected chi connectivity index (χ0v) is 16.2. The Balaban J connectivity index is 1.58. The van der Waals surface area contributed by atoms with Crippen molar-refractivity contribution in [2.75, 3.05) is 40.4 Å². The first-order valence-electron chi connectivity index (χ1n) is 9.45. The van der Waals surface area contributed by atoms with Crippen molar-refractivity contribution in [2.24, 2.45) is 0 Å². The van der Waals surface area contributed by atoms with E-state index in [4.69, 9.17) is 4.74 Å². The Labute approximate surface area is 167 Å². The molecule has 9 heteroatoms. The molecular weight excluding hydrogens is 385 g/mol. The summed E-state index contributed by atoms with van der Waals surface area (Å²) in [5.41, 5.74) is 2.39. The average molecular weight is 408 g/mol. The zero-order chi connectivity index (χ0) is 20.8. The monoisotopic (exact) mass is 408 g/mol. The van der Waals surface area contributed by atoms with Gasteiger partial charge in [-0.3, -0.25) is 4.79 Å². The highest BCUT2D eigenvalue weighted by Crippen LogP contribution is 2.40. The number of allylic oxidation sites excluding steroid dienone is 1. The van der Waals surface area contributed by atoms with Crippen LogP contribution in [0.1, 0.15) is 22.0 Å². The lowest BCUT2D eigenvalue weighted by atomic mass is 9.97. The molecule has 0 saturated carbocycles. The molecule has 0 aromatic heterocycles. The molecule has 156 valence electrons. The molecule has 4 rings (SSSR count). The molecule has 0 aliphatic carbocycles. The molecule has 6 nitrogen and oxygen atoms in total. The van der Waals surface area contributed by atoms with Crippen LogP contribution in [0.3, 0.4) is 0 Å². The highest BCUT2D eigenvalue weighted by molar-refractivity contribution is 5.94. The first-order valence-corrected chi connectivity index (χ1v) is 9.45. The Morgan fingerprint density at radius 2 is 1.79 bits per heavy atom. The average Bonchev–Trinajstić information content (AvgIpc) is 3.05. The number of alkyl halides is 3. The number of amides is 1. The molecule has 1 aromatic carbocycles. The summed E-state index contributed by atoms with van der Waals surface area (Å²) in [6.45, 7) is 2.17. The number of hydrogen-bond donors (Lipinski definition) is 1. The van der Waals surface area contributed by atoms with E-state index in [0.717, 1.165) is 5.56 Å². The van der Waals surface area contributed by atoms with E-state index in [1.165, 1.54) is 11.9 Å². The van der Waals surface area contributed by atoms with Crippen LogP contribution in [0.2, 0.25) is 0 Å². The van der Waals surface area contributed by atoms with Crippen LogP contribution >= 0.6 is 0 Å². The lowest BCUT2D eigenvalue weighted by Crippen LogP contribution is -2.47. The highest BCUT2D eigenvalue weighted by atomic mass is 19.4. The highest BCUT2D eigenvalue weighted by Gasteiger charge is 2.49. The molecule has 1 amide bonds. The minimum atomic E-state index is -4.39. The normalized spacial score (nSPS) is 24.7. The smallest absolute Gasteiger partial charge is 0.378 e. The molecule has 3 aliphatic heterocycles. The van der Waals surface area contributed by atoms with Crippen molar-refractivity contribution < 1.29 is 22.7 Å². The summed E-state index contributed by atoms with van der Waals surface area (Å²) >= 11 is 0. The van der Waals surface area contributed by atoms with Gasteiger partial charge in [0, 0.05) is 38.9 Å². The third-order valence-electron chi connectivity index (χ3n) is 5.57. The van der Waals surface area contributed by atoms with E-state index in [-0.39, 0.29) is 5.91 Å². The zero-order valence-electron chi connectivity index (χ0n) is 16.2. The van der Waals surface area contributed by atoms with Crippen molar-refractivity contribution in [2.45, 2.75) is 18.4 Å². The molecule has 1 saturated heterocycles. The van der Waals surface area contributed by atoms with Crippen LogP contribution in [-0.2, 0) is 4.74 Å². The van der Waals surface area contributed by atoms with Crippen LogP contribution in [0.5, 0.6) is 0 Å². The molecule has 2 unspecified atom stereocenters. The van der Waals surface area contributed by atoms with Gasteiger partial charge >= 0.3 is 6.18 Å². The van der Waals surface area contributed by atoms with Crippen molar-refractivity contribution >= 4 is 5.91 Å². The van der Waals surface area contributed by atoms with E-state index >= 15 is 0 Å². The number of morpholine rings is 1. The molecule has 2 atom stereocenters. The largest absolute Gasteiger partial charge is 0.427 e. The maximum Gasteiger partial charge on any atom is 0.427 e. The molecule has 29 heavy (non-hydrogen) atoms. The summed E-state index contributed by atoms with van der Waals surface area (Å²) < 4.78 is 45.4. The molecule has 1 N–H and O–H groups in total. The number of halogens is 3. The van der Waals surface area contributed by atoms with Crippen molar-refractivity contribution in [1.29, 1.82) is 0 Å². The van der Waals surface area contributed by atoms with Gasteiger partial charge in [0.1, 0.15) is 0 Å². The summed E-state index contributed by atoms with van der Waals surface area (Å²) in [5, 5.41) is 2.65. The fourth-order valence-corrected chi connectivity index (χ4v) is 4.01. The molecule has 1 aromatic rings. The maximum atomic E-state index is 13.4. The number of nitrogens with zero attached hydrogens (tertiary/aromatic N) is 3. The second kappa shape index (κ2) is 7.29. The Morgan fingerprint density at radius 1 is 1.14 bits per heavy atom. The predicted molar refractivity (Wildman–Crippen MR) is 101 cm³/mol. The number of ether oxygens (including phenoxy) is 1. The van der Waals surface area contributed by atoms with E-state index < -0.39 is 18.4 Å². The summed E-state index contributed by atoms with van der Waals surface area (Å²) in [7, 11) is 3.25. The standard InChI is InChI=1S/C20H23F3N4O2/c1-25-8-7-15-16(24-19(26(15)2)20(21,22)23)17(25)13-3-5-14(6-4-13)18(28)27-9-11-29-12-10-27/h3-8,17,19,24H,9-12H2,1-2H3. The lowest BCUT2D eigenvalue weighted by molar-refractivity contribution is -0.177. The van der Waals surface area contributed by atoms with Crippen LogP contribution in [0.15, 0.2) is 47.9 Å². The summed E-state index contributed by atoms with van der Waals surface area (Å²) in [4.78, 5) is 17.4. The quantitative estimate of drug-likeness (QED) is 0.814. The molecule has 1 fully saturated rings.